The molecule has 8 heteroatoms. The van der Waals surface area contributed by atoms with E-state index in [0.717, 1.165) is 0 Å². The molecule has 0 amide bonds. The van der Waals surface area contributed by atoms with Crippen molar-refractivity contribution >= 4 is 31.0 Å². The summed E-state index contributed by atoms with van der Waals surface area (Å²) in [7, 11) is 0. The van der Waals surface area contributed by atoms with Crippen molar-refractivity contribution in [2.24, 2.45) is 0 Å². The average Bonchev–Trinajstić information content (AvgIpc) is 1.39. The third-order valence-corrected chi connectivity index (χ3v) is 0. The second-order valence-electron chi connectivity index (χ2n) is 0.192. The van der Waals surface area contributed by atoms with Crippen LogP contribution in [-0.4, -0.2) is 31.0 Å². The molecule has 0 aliphatic carbocycles. The molecule has 0 aromatic heterocycles. The molecular formula is Al2CsKO4. The van der Waals surface area contributed by atoms with Crippen molar-refractivity contribution in [3.8, 4) is 0 Å². The van der Waals surface area contributed by atoms with Crippen molar-refractivity contribution in [1.82, 2.24) is 0 Å². The summed E-state index contributed by atoms with van der Waals surface area (Å²) in [6.07, 6.45) is 0. The fraction of sp³-hybridized carbons (Fsp3) is 0. The maximum absolute atomic E-state index is 8.46. The standard InChI is InChI=1S/2Al.Cs.K.4O/q;;2*+1;;;2*-1. The van der Waals surface area contributed by atoms with E-state index in [0.29, 0.717) is 0 Å². The van der Waals surface area contributed by atoms with Crippen LogP contribution in [0, 0.1) is 0 Å². The Morgan fingerprint density at radius 2 is 1.00 bits per heavy atom. The van der Waals surface area contributed by atoms with E-state index in [4.69, 9.17) is 15.9 Å². The molecule has 0 aromatic rings. The van der Waals surface area contributed by atoms with E-state index in [1.807, 2.05) is 0 Å². The molecule has 0 N–H and O–H groups in total. The van der Waals surface area contributed by atoms with Crippen LogP contribution in [0.4, 0.5) is 0 Å². The van der Waals surface area contributed by atoms with Crippen molar-refractivity contribution in [3.63, 3.8) is 0 Å². The van der Waals surface area contributed by atoms with Crippen molar-refractivity contribution < 1.29 is 136 Å². The summed E-state index contributed by atoms with van der Waals surface area (Å²) >= 11 is -3.50. The Bertz CT molecular complexity index is 35.0. The van der Waals surface area contributed by atoms with Crippen LogP contribution >= 0.6 is 0 Å². The maximum atomic E-state index is 8.46. The summed E-state index contributed by atoms with van der Waals surface area (Å²) in [6.45, 7) is 0. The van der Waals surface area contributed by atoms with Crippen LogP contribution in [0.25, 0.3) is 0 Å². The molecule has 8 heavy (non-hydrogen) atoms. The molecule has 0 fully saturated rings. The van der Waals surface area contributed by atoms with Gasteiger partial charge in [-0.2, -0.15) is 0 Å². The van der Waals surface area contributed by atoms with Crippen LogP contribution in [0.1, 0.15) is 0 Å². The molecule has 0 heterocycles. The summed E-state index contributed by atoms with van der Waals surface area (Å²) in [6, 6.07) is 0. The Hall–Kier alpha value is 3.95. The van der Waals surface area contributed by atoms with E-state index >= 15 is 0 Å². The van der Waals surface area contributed by atoms with Gasteiger partial charge in [0, 0.05) is 0 Å². The zero-order valence-electron chi connectivity index (χ0n) is 4.79. The van der Waals surface area contributed by atoms with Gasteiger partial charge in [0.2, 0.25) is 0 Å². The second-order valence-corrected chi connectivity index (χ2v) is 0.577. The molecule has 0 aliphatic heterocycles. The monoisotopic (exact) mass is 290 g/mol. The molecule has 0 atom stereocenters. The van der Waals surface area contributed by atoms with Gasteiger partial charge in [-0.1, -0.05) is 0 Å². The molecule has 0 aliphatic rings. The van der Waals surface area contributed by atoms with E-state index in [-0.39, 0.29) is 120 Å². The van der Waals surface area contributed by atoms with Gasteiger partial charge in [-0.05, 0) is 0 Å². The molecule has 0 bridgehead atoms. The van der Waals surface area contributed by atoms with Gasteiger partial charge in [-0.25, -0.2) is 0 Å². The van der Waals surface area contributed by atoms with Crippen molar-refractivity contribution in [2.75, 3.05) is 0 Å². The second kappa shape index (κ2) is 30.6. The number of rotatable bonds is 0. The van der Waals surface area contributed by atoms with Crippen molar-refractivity contribution in [3.05, 3.63) is 0 Å². The molecule has 0 unspecified atom stereocenters. The van der Waals surface area contributed by atoms with Crippen LogP contribution < -0.4 is 129 Å². The minimum atomic E-state index is -1.75. The van der Waals surface area contributed by atoms with Gasteiger partial charge >= 0.3 is 167 Å². The topological polar surface area (TPSA) is 80.3 Å². The third-order valence-electron chi connectivity index (χ3n) is 0. The number of hydrogen-bond donors (Lipinski definition) is 0. The van der Waals surface area contributed by atoms with Gasteiger partial charge < -0.3 is 0 Å². The van der Waals surface area contributed by atoms with Gasteiger partial charge in [0.05, 0.1) is 0 Å². The Kier molecular flexibility index (Phi) is 86.8. The summed E-state index contributed by atoms with van der Waals surface area (Å²) in [5, 5.41) is 0. The van der Waals surface area contributed by atoms with Crippen molar-refractivity contribution in [1.29, 1.82) is 0 Å². The average molecular weight is 290 g/mol. The van der Waals surface area contributed by atoms with Crippen LogP contribution in [0.3, 0.4) is 0 Å². The van der Waals surface area contributed by atoms with E-state index in [1.165, 1.54) is 0 Å². The van der Waals surface area contributed by atoms with Crippen molar-refractivity contribution in [2.45, 2.75) is 0 Å². The third kappa shape index (κ3) is 51.1. The zero-order chi connectivity index (χ0) is 5.41. The van der Waals surface area contributed by atoms with E-state index < -0.39 is 31.0 Å². The fourth-order valence-corrected chi connectivity index (χ4v) is 0. The van der Waals surface area contributed by atoms with Gasteiger partial charge in [0.25, 0.3) is 0 Å². The fourth-order valence-electron chi connectivity index (χ4n) is 0. The summed E-state index contributed by atoms with van der Waals surface area (Å²) in [5.41, 5.74) is 0. The Morgan fingerprint density at radius 3 is 1.00 bits per heavy atom. The van der Waals surface area contributed by atoms with Crippen LogP contribution in [-0.2, 0) is 7.61 Å². The van der Waals surface area contributed by atoms with E-state index in [9.17, 15) is 0 Å². The minimum absolute atomic E-state index is 0. The molecule has 32 valence electrons. The first-order valence-electron chi connectivity index (χ1n) is 0.943. The van der Waals surface area contributed by atoms with Gasteiger partial charge in [-0.3, -0.25) is 0 Å². The van der Waals surface area contributed by atoms with Crippen LogP contribution in [0.15, 0.2) is 0 Å². The first-order valence-corrected chi connectivity index (χ1v) is 2.83. The molecule has 0 spiro atoms. The SMILES string of the molecule is [Cs+].[K+].[O]=[Al][O-].[O]=[Al][O-]. The normalized spacial score (nSPS) is 2.00. The number of hydrogen-bond acceptors (Lipinski definition) is 4. The first-order chi connectivity index (χ1) is 2.83. The molecule has 0 rings (SSSR count). The molecule has 0 radical (unpaired) electrons. The van der Waals surface area contributed by atoms with Crippen LogP contribution in [0.2, 0.25) is 0 Å². The Labute approximate surface area is 162 Å². The Balaban J connectivity index is -0.0000000160. The molecule has 0 saturated carbocycles. The summed E-state index contributed by atoms with van der Waals surface area (Å²) in [4.78, 5) is 0. The summed E-state index contributed by atoms with van der Waals surface area (Å²) < 4.78 is 33.8. The van der Waals surface area contributed by atoms with Gasteiger partial charge in [-0.15, -0.1) is 0 Å². The van der Waals surface area contributed by atoms with E-state index in [2.05, 4.69) is 0 Å². The van der Waals surface area contributed by atoms with Crippen LogP contribution in [0.5, 0.6) is 0 Å². The Morgan fingerprint density at radius 1 is 1.00 bits per heavy atom. The van der Waals surface area contributed by atoms with E-state index in [1.54, 1.807) is 0 Å². The molecule has 4 nitrogen and oxygen atoms in total. The first kappa shape index (κ1) is 22.7. The van der Waals surface area contributed by atoms with Gasteiger partial charge in [0.1, 0.15) is 0 Å². The quantitative estimate of drug-likeness (QED) is 0.415. The molecule has 0 saturated heterocycles. The predicted molar refractivity (Wildman–Crippen MR) is 12.9 cm³/mol. The summed E-state index contributed by atoms with van der Waals surface area (Å²) in [5.74, 6) is 0. The van der Waals surface area contributed by atoms with Gasteiger partial charge in [0.15, 0.2) is 0 Å². The molecular weight excluding hydrogens is 290 g/mol. The molecule has 0 aromatic carbocycles. The predicted octanol–water partition coefficient (Wildman–Crippen LogP) is -9.37. The zero-order valence-corrected chi connectivity index (χ0v) is 16.5.